The predicted octanol–water partition coefficient (Wildman–Crippen LogP) is 1.24. The average Bonchev–Trinajstić information content (AvgIpc) is 2.47. The fourth-order valence-corrected chi connectivity index (χ4v) is 2.97. The number of pyridine rings is 2. The van der Waals surface area contributed by atoms with Gasteiger partial charge in [0.25, 0.3) is 10.0 Å². The molecule has 0 unspecified atom stereocenters. The topological polar surface area (TPSA) is 101 Å². The molecule has 0 aliphatic heterocycles. The van der Waals surface area contributed by atoms with Gasteiger partial charge >= 0.3 is 0 Å². The number of nitrogens with zero attached hydrogens (tertiary/aromatic N) is 3. The minimum Gasteiger partial charge on any atom is -0.307 e. The molecule has 0 saturated carbocycles. The molecule has 0 bridgehead atoms. The molecule has 0 spiro atoms. The lowest BCUT2D eigenvalue weighted by molar-refractivity contribution is 0.594. The first-order valence-corrected chi connectivity index (χ1v) is 7.29. The number of hydrogen-bond donors (Lipinski definition) is 2. The van der Waals surface area contributed by atoms with E-state index in [1.54, 1.807) is 12.1 Å². The summed E-state index contributed by atoms with van der Waals surface area (Å²) in [5.41, 5.74) is 2.76. The van der Waals surface area contributed by atoms with Gasteiger partial charge in [-0.2, -0.15) is 0 Å². The molecule has 3 N–H and O–H groups in total. The van der Waals surface area contributed by atoms with Crippen molar-refractivity contribution in [3.8, 4) is 0 Å². The molecule has 2 aromatic heterocycles. The third-order valence-corrected chi connectivity index (χ3v) is 4.68. The first kappa shape index (κ1) is 14.5. The van der Waals surface area contributed by atoms with E-state index in [-0.39, 0.29) is 15.7 Å². The summed E-state index contributed by atoms with van der Waals surface area (Å²) < 4.78 is 26.0. The molecule has 0 aliphatic carbocycles. The second kappa shape index (κ2) is 5.61. The molecule has 0 fully saturated rings. The molecule has 2 rings (SSSR count). The third-order valence-electron chi connectivity index (χ3n) is 2.64. The fourth-order valence-electron chi connectivity index (χ4n) is 1.52. The van der Waals surface area contributed by atoms with Crippen molar-refractivity contribution in [2.75, 3.05) is 16.8 Å². The molecule has 9 heteroatoms. The maximum absolute atomic E-state index is 12.4. The molecule has 0 saturated heterocycles. The van der Waals surface area contributed by atoms with Crippen LogP contribution in [-0.2, 0) is 10.0 Å². The first-order chi connectivity index (χ1) is 9.46. The van der Waals surface area contributed by atoms with Gasteiger partial charge in [-0.1, -0.05) is 11.6 Å². The van der Waals surface area contributed by atoms with Crippen molar-refractivity contribution < 1.29 is 8.42 Å². The van der Waals surface area contributed by atoms with Crippen LogP contribution in [0.25, 0.3) is 0 Å². The van der Waals surface area contributed by atoms with Crippen LogP contribution in [0.15, 0.2) is 41.7 Å². The summed E-state index contributed by atoms with van der Waals surface area (Å²) in [5, 5.41) is 0.122. The Morgan fingerprint density at radius 2 is 2.00 bits per heavy atom. The van der Waals surface area contributed by atoms with E-state index < -0.39 is 10.0 Å². The molecule has 2 aromatic rings. The lowest BCUT2D eigenvalue weighted by Gasteiger charge is -2.19. The Hall–Kier alpha value is -1.90. The van der Waals surface area contributed by atoms with Gasteiger partial charge in [-0.05, 0) is 18.2 Å². The SMILES string of the molecule is CN(c1ccncc1)S(=O)(=O)c1cnc(NN)c(Cl)c1. The van der Waals surface area contributed by atoms with Gasteiger partial charge in [-0.25, -0.2) is 19.2 Å². The highest BCUT2D eigenvalue weighted by molar-refractivity contribution is 7.92. The van der Waals surface area contributed by atoms with E-state index in [0.717, 1.165) is 4.31 Å². The molecule has 2 heterocycles. The Balaban J connectivity index is 2.43. The van der Waals surface area contributed by atoms with Crippen molar-refractivity contribution in [3.63, 3.8) is 0 Å². The quantitative estimate of drug-likeness (QED) is 0.650. The largest absolute Gasteiger partial charge is 0.307 e. The molecular weight excluding hydrogens is 302 g/mol. The van der Waals surface area contributed by atoms with Gasteiger partial charge in [0.05, 0.1) is 10.7 Å². The Bertz CT molecular complexity index is 708. The zero-order valence-electron chi connectivity index (χ0n) is 10.5. The number of aromatic nitrogens is 2. The van der Waals surface area contributed by atoms with Crippen LogP contribution < -0.4 is 15.6 Å². The minimum atomic E-state index is -3.75. The van der Waals surface area contributed by atoms with Gasteiger partial charge in [-0.15, -0.1) is 0 Å². The molecule has 0 radical (unpaired) electrons. The zero-order chi connectivity index (χ0) is 14.8. The molecule has 7 nitrogen and oxygen atoms in total. The number of hydrazine groups is 1. The van der Waals surface area contributed by atoms with E-state index in [1.165, 1.54) is 31.7 Å². The summed E-state index contributed by atoms with van der Waals surface area (Å²) >= 11 is 5.89. The number of halogens is 1. The van der Waals surface area contributed by atoms with Crippen LogP contribution in [0.5, 0.6) is 0 Å². The van der Waals surface area contributed by atoms with Gasteiger partial charge in [-0.3, -0.25) is 9.29 Å². The van der Waals surface area contributed by atoms with E-state index in [9.17, 15) is 8.42 Å². The number of nitrogen functional groups attached to an aromatic ring is 1. The standard InChI is InChI=1S/C11H12ClN5O2S/c1-17(8-2-4-14-5-3-8)20(18,19)9-6-10(12)11(16-13)15-7-9/h2-7H,13H2,1H3,(H,15,16). The van der Waals surface area contributed by atoms with Gasteiger partial charge in [0.1, 0.15) is 4.90 Å². The van der Waals surface area contributed by atoms with E-state index in [0.29, 0.717) is 5.69 Å². The third kappa shape index (κ3) is 2.67. The van der Waals surface area contributed by atoms with Crippen LogP contribution in [0.1, 0.15) is 0 Å². The van der Waals surface area contributed by atoms with Gasteiger partial charge in [0, 0.05) is 25.6 Å². The van der Waals surface area contributed by atoms with Crippen LogP contribution in [0.4, 0.5) is 11.5 Å². The van der Waals surface area contributed by atoms with Crippen molar-refractivity contribution >= 4 is 33.1 Å². The van der Waals surface area contributed by atoms with Crippen molar-refractivity contribution in [3.05, 3.63) is 41.8 Å². The van der Waals surface area contributed by atoms with E-state index in [4.69, 9.17) is 17.4 Å². The molecule has 0 aliphatic rings. The van der Waals surface area contributed by atoms with Crippen molar-refractivity contribution in [1.29, 1.82) is 0 Å². The first-order valence-electron chi connectivity index (χ1n) is 5.48. The van der Waals surface area contributed by atoms with Crippen LogP contribution in [-0.4, -0.2) is 25.4 Å². The summed E-state index contributed by atoms with van der Waals surface area (Å²) in [5.74, 6) is 5.40. The smallest absolute Gasteiger partial charge is 0.265 e. The number of anilines is 2. The number of nitrogens with two attached hydrogens (primary N) is 1. The minimum absolute atomic E-state index is 0.0270. The normalized spacial score (nSPS) is 11.2. The average molecular weight is 314 g/mol. The van der Waals surface area contributed by atoms with Gasteiger partial charge < -0.3 is 5.43 Å². The van der Waals surface area contributed by atoms with Crippen LogP contribution in [0.3, 0.4) is 0 Å². The second-order valence-corrected chi connectivity index (χ2v) is 6.20. The second-order valence-electron chi connectivity index (χ2n) is 3.82. The maximum Gasteiger partial charge on any atom is 0.265 e. The summed E-state index contributed by atoms with van der Waals surface area (Å²) in [4.78, 5) is 7.67. The summed E-state index contributed by atoms with van der Waals surface area (Å²) in [6.45, 7) is 0. The fraction of sp³-hybridized carbons (Fsp3) is 0.0909. The highest BCUT2D eigenvalue weighted by atomic mass is 35.5. The summed E-state index contributed by atoms with van der Waals surface area (Å²) in [6, 6.07) is 4.46. The Morgan fingerprint density at radius 1 is 1.35 bits per heavy atom. The van der Waals surface area contributed by atoms with E-state index in [2.05, 4.69) is 15.4 Å². The summed E-state index contributed by atoms with van der Waals surface area (Å²) in [7, 11) is -2.31. The molecule has 0 amide bonds. The number of rotatable bonds is 4. The Morgan fingerprint density at radius 3 is 2.55 bits per heavy atom. The molecule has 0 aromatic carbocycles. The number of nitrogens with one attached hydrogen (secondary N) is 1. The highest BCUT2D eigenvalue weighted by Gasteiger charge is 2.22. The van der Waals surface area contributed by atoms with E-state index >= 15 is 0 Å². The van der Waals surface area contributed by atoms with E-state index in [1.807, 2.05) is 0 Å². The molecular formula is C11H12ClN5O2S. The zero-order valence-corrected chi connectivity index (χ0v) is 12.1. The van der Waals surface area contributed by atoms with Gasteiger partial charge in [0.2, 0.25) is 0 Å². The highest BCUT2D eigenvalue weighted by Crippen LogP contribution is 2.25. The molecule has 20 heavy (non-hydrogen) atoms. The van der Waals surface area contributed by atoms with Crippen molar-refractivity contribution in [2.45, 2.75) is 4.90 Å². The van der Waals surface area contributed by atoms with Crippen LogP contribution >= 0.6 is 11.6 Å². The predicted molar refractivity (Wildman–Crippen MR) is 76.9 cm³/mol. The Labute approximate surface area is 121 Å². The number of sulfonamides is 1. The lowest BCUT2D eigenvalue weighted by Crippen LogP contribution is -2.26. The lowest BCUT2D eigenvalue weighted by atomic mass is 10.4. The van der Waals surface area contributed by atoms with Crippen molar-refractivity contribution in [2.24, 2.45) is 5.84 Å². The molecule has 106 valence electrons. The van der Waals surface area contributed by atoms with Crippen LogP contribution in [0.2, 0.25) is 5.02 Å². The Kier molecular flexibility index (Phi) is 4.07. The molecule has 0 atom stereocenters. The summed E-state index contributed by atoms with van der Waals surface area (Å²) in [6.07, 6.45) is 4.20. The van der Waals surface area contributed by atoms with Crippen LogP contribution in [0, 0.1) is 0 Å². The number of hydrogen-bond acceptors (Lipinski definition) is 6. The maximum atomic E-state index is 12.4. The van der Waals surface area contributed by atoms with Crippen molar-refractivity contribution in [1.82, 2.24) is 9.97 Å². The monoisotopic (exact) mass is 313 g/mol. The van der Waals surface area contributed by atoms with Gasteiger partial charge in [0.15, 0.2) is 5.82 Å².